The highest BCUT2D eigenvalue weighted by Gasteiger charge is 2.20. The smallest absolute Gasteiger partial charge is 0.336 e. The van der Waals surface area contributed by atoms with Gasteiger partial charge in [0.2, 0.25) is 0 Å². The van der Waals surface area contributed by atoms with Crippen LogP contribution in [0.5, 0.6) is 0 Å². The number of nitrogens with one attached hydrogen (secondary N) is 1. The van der Waals surface area contributed by atoms with Crippen molar-refractivity contribution in [1.82, 2.24) is 4.90 Å². The molecule has 0 spiro atoms. The Morgan fingerprint density at radius 2 is 1.90 bits per heavy atom. The molecule has 0 bridgehead atoms. The quantitative estimate of drug-likeness (QED) is 0.634. The van der Waals surface area contributed by atoms with Gasteiger partial charge in [0.05, 0.1) is 23.8 Å². The van der Waals surface area contributed by atoms with Gasteiger partial charge >= 0.3 is 5.63 Å². The second-order valence-corrected chi connectivity index (χ2v) is 7.83. The van der Waals surface area contributed by atoms with Gasteiger partial charge in [0, 0.05) is 36.8 Å². The lowest BCUT2D eigenvalue weighted by atomic mass is 10.0. The molecule has 0 unspecified atom stereocenters. The number of nitrogens with zero attached hydrogens (tertiary/aromatic N) is 1. The normalized spacial score (nSPS) is 14.2. The summed E-state index contributed by atoms with van der Waals surface area (Å²) in [4.78, 5) is 26.5. The largest absolute Gasteiger partial charge is 0.422 e. The van der Waals surface area contributed by atoms with Crippen LogP contribution in [0.4, 0.5) is 5.69 Å². The van der Waals surface area contributed by atoms with Crippen LogP contribution in [0.15, 0.2) is 45.6 Å². The van der Waals surface area contributed by atoms with Crippen molar-refractivity contribution in [3.05, 3.63) is 74.1 Å². The molecule has 1 N–H and O–H groups in total. The number of benzene rings is 2. The fourth-order valence-corrected chi connectivity index (χ4v) is 3.86. The Hall–Kier alpha value is -2.83. The van der Waals surface area contributed by atoms with Gasteiger partial charge in [-0.15, -0.1) is 0 Å². The van der Waals surface area contributed by atoms with Gasteiger partial charge in [-0.2, -0.15) is 0 Å². The maximum absolute atomic E-state index is 12.7. The first-order chi connectivity index (χ1) is 14.4. The highest BCUT2D eigenvalue weighted by Crippen LogP contribution is 2.26. The topological polar surface area (TPSA) is 71.8 Å². The fraction of sp³-hybridized carbons (Fsp3) is 0.304. The van der Waals surface area contributed by atoms with Crippen LogP contribution in [0.3, 0.4) is 0 Å². The van der Waals surface area contributed by atoms with Crippen molar-refractivity contribution in [1.29, 1.82) is 0 Å². The number of amides is 1. The van der Waals surface area contributed by atoms with Gasteiger partial charge < -0.3 is 19.4 Å². The van der Waals surface area contributed by atoms with Gasteiger partial charge in [-0.05, 0) is 48.7 Å². The van der Waals surface area contributed by atoms with Crippen LogP contribution >= 0.6 is 11.6 Å². The van der Waals surface area contributed by atoms with Crippen molar-refractivity contribution in [2.75, 3.05) is 31.6 Å². The monoisotopic (exact) mass is 426 g/mol. The Morgan fingerprint density at radius 1 is 1.13 bits per heavy atom. The van der Waals surface area contributed by atoms with Crippen molar-refractivity contribution in [2.24, 2.45) is 0 Å². The number of aryl methyl sites for hydroxylation is 2. The molecule has 6 nitrogen and oxygen atoms in total. The SMILES string of the molecule is Cc1ccc2c(CNc3ccc(C(=O)N4CCOCC4)c(Cl)c3)cc(=O)oc2c1C. The summed E-state index contributed by atoms with van der Waals surface area (Å²) in [5, 5.41) is 4.58. The van der Waals surface area contributed by atoms with Crippen LogP contribution in [0, 0.1) is 13.8 Å². The van der Waals surface area contributed by atoms with Crippen molar-refractivity contribution >= 4 is 34.2 Å². The van der Waals surface area contributed by atoms with Gasteiger partial charge in [-0.1, -0.05) is 23.7 Å². The summed E-state index contributed by atoms with van der Waals surface area (Å²) < 4.78 is 10.7. The molecule has 0 radical (unpaired) electrons. The number of fused-ring (bicyclic) bond motifs is 1. The van der Waals surface area contributed by atoms with Crippen molar-refractivity contribution in [2.45, 2.75) is 20.4 Å². The lowest BCUT2D eigenvalue weighted by molar-refractivity contribution is 0.0303. The summed E-state index contributed by atoms with van der Waals surface area (Å²) in [6.45, 7) is 6.58. The second kappa shape index (κ2) is 8.50. The highest BCUT2D eigenvalue weighted by molar-refractivity contribution is 6.34. The van der Waals surface area contributed by atoms with Crippen LogP contribution in [-0.2, 0) is 11.3 Å². The summed E-state index contributed by atoms with van der Waals surface area (Å²) in [6.07, 6.45) is 0. The molecule has 2 aromatic carbocycles. The molecule has 7 heteroatoms. The van der Waals surface area contributed by atoms with Crippen molar-refractivity contribution < 1.29 is 13.9 Å². The molecule has 2 heterocycles. The minimum absolute atomic E-state index is 0.0904. The number of halogens is 1. The summed E-state index contributed by atoms with van der Waals surface area (Å²) >= 11 is 6.40. The van der Waals surface area contributed by atoms with E-state index in [2.05, 4.69) is 5.32 Å². The van der Waals surface area contributed by atoms with Gasteiger partial charge in [-0.25, -0.2) is 4.79 Å². The Bertz CT molecular complexity index is 1170. The molecule has 30 heavy (non-hydrogen) atoms. The fourth-order valence-electron chi connectivity index (χ4n) is 3.60. The number of rotatable bonds is 4. The molecule has 1 saturated heterocycles. The summed E-state index contributed by atoms with van der Waals surface area (Å²) in [6, 6.07) is 10.8. The molecule has 0 aliphatic carbocycles. The average Bonchev–Trinajstić information content (AvgIpc) is 2.75. The number of hydrogen-bond donors (Lipinski definition) is 1. The summed E-state index contributed by atoms with van der Waals surface area (Å²) in [7, 11) is 0. The zero-order valence-electron chi connectivity index (χ0n) is 17.0. The average molecular weight is 427 g/mol. The van der Waals surface area contributed by atoms with E-state index in [1.165, 1.54) is 6.07 Å². The molecule has 1 amide bonds. The molecule has 1 aromatic heterocycles. The standard InChI is InChI=1S/C23H23ClN2O4/c1-14-3-5-18-16(11-21(27)30-22(18)15(14)2)13-25-17-4-6-19(20(24)12-17)23(28)26-7-9-29-10-8-26/h3-6,11-12,25H,7-10,13H2,1-2H3. The molecule has 156 valence electrons. The molecule has 1 aliphatic heterocycles. The van der Waals surface area contributed by atoms with E-state index in [1.54, 1.807) is 17.0 Å². The Labute approximate surface area is 179 Å². The third kappa shape index (κ3) is 4.06. The first kappa shape index (κ1) is 20.4. The van der Waals surface area contributed by atoms with Gasteiger partial charge in [-0.3, -0.25) is 4.79 Å². The number of ether oxygens (including phenoxy) is 1. The van der Waals surface area contributed by atoms with E-state index in [1.807, 2.05) is 32.0 Å². The first-order valence-electron chi connectivity index (χ1n) is 9.87. The molecule has 1 aliphatic rings. The molecular formula is C23H23ClN2O4. The minimum Gasteiger partial charge on any atom is -0.422 e. The summed E-state index contributed by atoms with van der Waals surface area (Å²) in [5.74, 6) is -0.0904. The first-order valence-corrected chi connectivity index (χ1v) is 10.3. The number of morpholine rings is 1. The van der Waals surface area contributed by atoms with Crippen molar-refractivity contribution in [3.63, 3.8) is 0 Å². The molecule has 3 aromatic rings. The third-order valence-corrected chi connectivity index (χ3v) is 5.81. The van der Waals surface area contributed by atoms with Crippen LogP contribution in [0.1, 0.15) is 27.0 Å². The molecule has 4 rings (SSSR count). The maximum atomic E-state index is 12.7. The molecule has 0 atom stereocenters. The van der Waals surface area contributed by atoms with E-state index in [9.17, 15) is 9.59 Å². The van der Waals surface area contributed by atoms with Crippen LogP contribution in [-0.4, -0.2) is 37.1 Å². The van der Waals surface area contributed by atoms with E-state index >= 15 is 0 Å². The Balaban J connectivity index is 1.55. The van der Waals surface area contributed by atoms with E-state index in [0.29, 0.717) is 49.0 Å². The third-order valence-electron chi connectivity index (χ3n) is 5.50. The van der Waals surface area contributed by atoms with E-state index < -0.39 is 0 Å². The maximum Gasteiger partial charge on any atom is 0.336 e. The van der Waals surface area contributed by atoms with Crippen LogP contribution in [0.2, 0.25) is 5.02 Å². The lowest BCUT2D eigenvalue weighted by Gasteiger charge is -2.27. The zero-order valence-corrected chi connectivity index (χ0v) is 17.7. The number of carbonyl (C=O) groups excluding carboxylic acids is 1. The van der Waals surface area contributed by atoms with Gasteiger partial charge in [0.15, 0.2) is 0 Å². The van der Waals surface area contributed by atoms with Gasteiger partial charge in [0.25, 0.3) is 5.91 Å². The summed E-state index contributed by atoms with van der Waals surface area (Å²) in [5.41, 5.74) is 4.35. The van der Waals surface area contributed by atoms with Crippen LogP contribution in [0.25, 0.3) is 11.0 Å². The Kier molecular flexibility index (Phi) is 5.79. The lowest BCUT2D eigenvalue weighted by Crippen LogP contribution is -2.40. The van der Waals surface area contributed by atoms with E-state index in [0.717, 1.165) is 27.8 Å². The molecular weight excluding hydrogens is 404 g/mol. The predicted octanol–water partition coefficient (Wildman–Crippen LogP) is 4.15. The zero-order chi connectivity index (χ0) is 21.3. The Morgan fingerprint density at radius 3 is 2.63 bits per heavy atom. The van der Waals surface area contributed by atoms with E-state index in [-0.39, 0.29) is 11.5 Å². The number of hydrogen-bond acceptors (Lipinski definition) is 5. The number of anilines is 1. The molecule has 1 fully saturated rings. The second-order valence-electron chi connectivity index (χ2n) is 7.43. The number of carbonyl (C=O) groups is 1. The van der Waals surface area contributed by atoms with Crippen molar-refractivity contribution in [3.8, 4) is 0 Å². The highest BCUT2D eigenvalue weighted by atomic mass is 35.5. The van der Waals surface area contributed by atoms with E-state index in [4.69, 9.17) is 20.8 Å². The minimum atomic E-state index is -0.377. The van der Waals surface area contributed by atoms with Crippen LogP contribution < -0.4 is 10.9 Å². The molecule has 0 saturated carbocycles. The van der Waals surface area contributed by atoms with Gasteiger partial charge in [0.1, 0.15) is 5.58 Å². The predicted molar refractivity (Wildman–Crippen MR) is 117 cm³/mol.